The van der Waals surface area contributed by atoms with E-state index in [9.17, 15) is 14.4 Å². The van der Waals surface area contributed by atoms with E-state index in [-0.39, 0.29) is 36.1 Å². The first-order valence-electron chi connectivity index (χ1n) is 10.3. The minimum absolute atomic E-state index is 0.244. The van der Waals surface area contributed by atoms with E-state index in [1.54, 1.807) is 34.4 Å². The van der Waals surface area contributed by atoms with E-state index in [1.165, 1.54) is 0 Å². The Morgan fingerprint density at radius 1 is 1.03 bits per heavy atom. The molecule has 3 heterocycles. The molecule has 7 nitrogen and oxygen atoms in total. The number of thiophene rings is 1. The molecule has 1 aromatic carbocycles. The molecule has 5 rings (SSSR count). The van der Waals surface area contributed by atoms with E-state index in [4.69, 9.17) is 9.47 Å². The van der Waals surface area contributed by atoms with Crippen molar-refractivity contribution in [3.63, 3.8) is 0 Å². The van der Waals surface area contributed by atoms with Gasteiger partial charge in [-0.15, -0.1) is 11.3 Å². The molecule has 0 saturated carbocycles. The third-order valence-corrected chi connectivity index (χ3v) is 6.79. The zero-order valence-corrected chi connectivity index (χ0v) is 17.7. The highest BCUT2D eigenvalue weighted by atomic mass is 32.1. The van der Waals surface area contributed by atoms with Gasteiger partial charge in [-0.25, -0.2) is 0 Å². The Hall–Kier alpha value is -3.13. The monoisotopic (exact) mass is 438 g/mol. The normalized spacial score (nSPS) is 21.9. The van der Waals surface area contributed by atoms with Gasteiger partial charge in [-0.3, -0.25) is 19.3 Å². The fourth-order valence-electron chi connectivity index (χ4n) is 4.33. The van der Waals surface area contributed by atoms with Crippen molar-refractivity contribution in [2.24, 2.45) is 11.8 Å². The van der Waals surface area contributed by atoms with Gasteiger partial charge in [0.25, 0.3) is 0 Å². The third-order valence-electron chi connectivity index (χ3n) is 5.92. The molecule has 2 aromatic rings. The second-order valence-electron chi connectivity index (χ2n) is 7.81. The lowest BCUT2D eigenvalue weighted by Crippen LogP contribution is -2.43. The number of carbonyl (C=O) groups is 3. The molecule has 1 aliphatic carbocycles. The number of anilines is 1. The number of hydrogen-bond acceptors (Lipinski definition) is 6. The molecule has 0 spiro atoms. The van der Waals surface area contributed by atoms with Crippen LogP contribution in [0.1, 0.15) is 17.7 Å². The van der Waals surface area contributed by atoms with Crippen LogP contribution in [0.3, 0.4) is 0 Å². The number of hydrogen-bond donors (Lipinski definition) is 0. The molecule has 0 unspecified atom stereocenters. The highest BCUT2D eigenvalue weighted by Crippen LogP contribution is 2.37. The van der Waals surface area contributed by atoms with Crippen LogP contribution in [0.2, 0.25) is 0 Å². The minimum atomic E-state index is -0.342. The van der Waals surface area contributed by atoms with Gasteiger partial charge in [-0.2, -0.15) is 0 Å². The molecule has 0 bridgehead atoms. The maximum Gasteiger partial charge on any atom is 0.247 e. The fraction of sp³-hybridized carbons (Fsp3) is 0.348. The van der Waals surface area contributed by atoms with Crippen LogP contribution in [0.4, 0.5) is 5.69 Å². The predicted octanol–water partition coefficient (Wildman–Crippen LogP) is 3.00. The molecule has 8 heteroatoms. The number of rotatable bonds is 5. The standard InChI is InChI=1S/C23H22N2O5S/c26-21(14-25-22(27)17-5-1-2-6-18(17)23(25)28)24(13-16-4-3-11-31-16)15-7-8-19-20(12-15)30-10-9-29-19/h1-4,7-8,11-12,17-18H,5-6,9-10,13-14H2/t17-,18-/m0/s1. The summed E-state index contributed by atoms with van der Waals surface area (Å²) in [5, 5.41) is 1.95. The van der Waals surface area contributed by atoms with Crippen LogP contribution in [-0.4, -0.2) is 42.4 Å². The zero-order chi connectivity index (χ0) is 21.4. The average molecular weight is 439 g/mol. The van der Waals surface area contributed by atoms with Gasteiger partial charge in [0.2, 0.25) is 17.7 Å². The molecule has 3 amide bonds. The lowest BCUT2D eigenvalue weighted by atomic mass is 9.85. The van der Waals surface area contributed by atoms with Crippen molar-refractivity contribution < 1.29 is 23.9 Å². The van der Waals surface area contributed by atoms with E-state index in [1.807, 2.05) is 29.7 Å². The fourth-order valence-corrected chi connectivity index (χ4v) is 5.02. The first-order valence-corrected chi connectivity index (χ1v) is 11.2. The summed E-state index contributed by atoms with van der Waals surface area (Å²) in [4.78, 5) is 42.8. The molecular weight excluding hydrogens is 416 g/mol. The second kappa shape index (κ2) is 8.19. The van der Waals surface area contributed by atoms with Crippen LogP contribution in [0.15, 0.2) is 47.9 Å². The summed E-state index contributed by atoms with van der Waals surface area (Å²) in [7, 11) is 0. The Kier molecular flexibility index (Phi) is 5.23. The largest absolute Gasteiger partial charge is 0.486 e. The Morgan fingerprint density at radius 3 is 2.42 bits per heavy atom. The number of benzene rings is 1. The van der Waals surface area contributed by atoms with Crippen molar-refractivity contribution in [2.75, 3.05) is 24.7 Å². The molecule has 2 aliphatic heterocycles. The van der Waals surface area contributed by atoms with Crippen LogP contribution in [-0.2, 0) is 20.9 Å². The lowest BCUT2D eigenvalue weighted by Gasteiger charge is -2.26. The highest BCUT2D eigenvalue weighted by Gasteiger charge is 2.48. The number of amides is 3. The maximum absolute atomic E-state index is 13.4. The number of imide groups is 1. The number of allylic oxidation sites excluding steroid dienone is 2. The number of ether oxygens (including phenoxy) is 2. The maximum atomic E-state index is 13.4. The van der Waals surface area contributed by atoms with Crippen LogP contribution < -0.4 is 14.4 Å². The Bertz CT molecular complexity index is 1020. The Morgan fingerprint density at radius 2 is 1.74 bits per heavy atom. The molecule has 1 saturated heterocycles. The van der Waals surface area contributed by atoms with Crippen molar-refractivity contribution in [1.29, 1.82) is 0 Å². The molecule has 31 heavy (non-hydrogen) atoms. The Balaban J connectivity index is 1.41. The van der Waals surface area contributed by atoms with E-state index in [0.717, 1.165) is 9.78 Å². The molecule has 3 aliphatic rings. The molecule has 160 valence electrons. The summed E-state index contributed by atoms with van der Waals surface area (Å²) in [5.41, 5.74) is 0.640. The van der Waals surface area contributed by atoms with Crippen molar-refractivity contribution in [1.82, 2.24) is 4.90 Å². The van der Waals surface area contributed by atoms with Gasteiger partial charge < -0.3 is 14.4 Å². The van der Waals surface area contributed by atoms with E-state index in [0.29, 0.717) is 49.8 Å². The summed E-state index contributed by atoms with van der Waals surface area (Å²) in [6.07, 6.45) is 4.99. The molecule has 1 aromatic heterocycles. The van der Waals surface area contributed by atoms with Gasteiger partial charge in [0.1, 0.15) is 19.8 Å². The summed E-state index contributed by atoms with van der Waals surface area (Å²) in [6.45, 7) is 1.02. The highest BCUT2D eigenvalue weighted by molar-refractivity contribution is 7.09. The quantitative estimate of drug-likeness (QED) is 0.530. The first kappa shape index (κ1) is 19.8. The minimum Gasteiger partial charge on any atom is -0.486 e. The molecule has 2 atom stereocenters. The average Bonchev–Trinajstić information content (AvgIpc) is 3.40. The molecular formula is C23H22N2O5S. The Labute approximate surface area is 183 Å². The first-order chi connectivity index (χ1) is 15.1. The smallest absolute Gasteiger partial charge is 0.247 e. The lowest BCUT2D eigenvalue weighted by molar-refractivity contribution is -0.143. The van der Waals surface area contributed by atoms with Gasteiger partial charge in [0.05, 0.1) is 18.4 Å². The van der Waals surface area contributed by atoms with E-state index in [2.05, 4.69) is 0 Å². The molecule has 1 fully saturated rings. The molecule has 0 radical (unpaired) electrons. The van der Waals surface area contributed by atoms with Gasteiger partial charge >= 0.3 is 0 Å². The van der Waals surface area contributed by atoms with Crippen LogP contribution in [0.5, 0.6) is 11.5 Å². The van der Waals surface area contributed by atoms with Gasteiger partial charge in [-0.1, -0.05) is 18.2 Å². The summed E-state index contributed by atoms with van der Waals surface area (Å²) >= 11 is 1.55. The second-order valence-corrected chi connectivity index (χ2v) is 8.84. The van der Waals surface area contributed by atoms with Crippen molar-refractivity contribution in [3.8, 4) is 11.5 Å². The summed E-state index contributed by atoms with van der Waals surface area (Å²) in [6, 6.07) is 9.24. The number of fused-ring (bicyclic) bond motifs is 2. The number of nitrogens with zero attached hydrogens (tertiary/aromatic N) is 2. The van der Waals surface area contributed by atoms with Gasteiger partial charge in [-0.05, 0) is 36.4 Å². The van der Waals surface area contributed by atoms with E-state index < -0.39 is 0 Å². The van der Waals surface area contributed by atoms with Crippen molar-refractivity contribution in [3.05, 3.63) is 52.7 Å². The zero-order valence-electron chi connectivity index (χ0n) is 16.9. The van der Waals surface area contributed by atoms with Gasteiger partial charge in [0, 0.05) is 16.6 Å². The molecule has 0 N–H and O–H groups in total. The van der Waals surface area contributed by atoms with E-state index >= 15 is 0 Å². The van der Waals surface area contributed by atoms with Crippen LogP contribution >= 0.6 is 11.3 Å². The SMILES string of the molecule is O=C1[C@H]2CC=CC[C@@H]2C(=O)N1CC(=O)N(Cc1cccs1)c1ccc2c(c1)OCCO2. The van der Waals surface area contributed by atoms with Crippen molar-refractivity contribution >= 4 is 34.7 Å². The summed E-state index contributed by atoms with van der Waals surface area (Å²) in [5.74, 6) is -0.260. The van der Waals surface area contributed by atoms with Crippen molar-refractivity contribution in [2.45, 2.75) is 19.4 Å². The number of likely N-dealkylation sites (tertiary alicyclic amines) is 1. The van der Waals surface area contributed by atoms with Crippen LogP contribution in [0.25, 0.3) is 0 Å². The predicted molar refractivity (Wildman–Crippen MR) is 115 cm³/mol. The van der Waals surface area contributed by atoms with Crippen LogP contribution in [0, 0.1) is 11.8 Å². The van der Waals surface area contributed by atoms with Gasteiger partial charge in [0.15, 0.2) is 11.5 Å². The number of carbonyl (C=O) groups excluding carboxylic acids is 3. The summed E-state index contributed by atoms with van der Waals surface area (Å²) < 4.78 is 11.3. The topological polar surface area (TPSA) is 76.2 Å². The third kappa shape index (κ3) is 3.72.